The normalized spacial score (nSPS) is 29.0. The Labute approximate surface area is 151 Å². The van der Waals surface area contributed by atoms with E-state index in [1.807, 2.05) is 29.2 Å². The summed E-state index contributed by atoms with van der Waals surface area (Å²) in [5.41, 5.74) is 1.01. The molecule has 0 radical (unpaired) electrons. The van der Waals surface area contributed by atoms with Crippen LogP contribution in [0.3, 0.4) is 0 Å². The van der Waals surface area contributed by atoms with Crippen LogP contribution in [0.25, 0.3) is 0 Å². The van der Waals surface area contributed by atoms with Crippen LogP contribution in [0, 0.1) is 5.92 Å². The van der Waals surface area contributed by atoms with Crippen molar-refractivity contribution in [2.75, 3.05) is 18.6 Å². The van der Waals surface area contributed by atoms with Gasteiger partial charge < -0.3 is 9.64 Å². The third-order valence-electron chi connectivity index (χ3n) is 4.79. The zero-order chi connectivity index (χ0) is 17.6. The fourth-order valence-electron chi connectivity index (χ4n) is 3.30. The predicted molar refractivity (Wildman–Crippen MR) is 97.5 cm³/mol. The van der Waals surface area contributed by atoms with Crippen molar-refractivity contribution in [3.63, 3.8) is 0 Å². The van der Waals surface area contributed by atoms with Gasteiger partial charge in [0, 0.05) is 17.7 Å². The molecule has 1 amide bonds. The van der Waals surface area contributed by atoms with Gasteiger partial charge in [-0.2, -0.15) is 4.99 Å². The Bertz CT molecular complexity index is 833. The lowest BCUT2D eigenvalue weighted by atomic mass is 10.1. The molecule has 4 rings (SSSR count). The summed E-state index contributed by atoms with van der Waals surface area (Å²) in [5.74, 6) is 1.04. The van der Waals surface area contributed by atoms with Crippen molar-refractivity contribution in [3.8, 4) is 5.75 Å². The number of methoxy groups -OCH3 is 1. The first-order valence-electron chi connectivity index (χ1n) is 8.34. The van der Waals surface area contributed by atoms with E-state index >= 15 is 0 Å². The molecule has 6 nitrogen and oxygen atoms in total. The summed E-state index contributed by atoms with van der Waals surface area (Å²) in [6.45, 7) is 0.525. The molecule has 1 aromatic carbocycles. The van der Waals surface area contributed by atoms with Crippen molar-refractivity contribution in [3.05, 3.63) is 29.8 Å². The number of rotatable bonds is 4. The molecule has 2 atom stereocenters. The Morgan fingerprint density at radius 3 is 2.88 bits per heavy atom. The Balaban J connectivity index is 1.62. The van der Waals surface area contributed by atoms with Crippen LogP contribution in [0.5, 0.6) is 5.75 Å². The molecule has 8 heteroatoms. The lowest BCUT2D eigenvalue weighted by Gasteiger charge is -2.24. The highest BCUT2D eigenvalue weighted by Crippen LogP contribution is 2.40. The maximum Gasteiger partial charge on any atom is 0.251 e. The quantitative estimate of drug-likeness (QED) is 0.791. The summed E-state index contributed by atoms with van der Waals surface area (Å²) in [7, 11) is -1.41. The van der Waals surface area contributed by atoms with Crippen LogP contribution in [-0.4, -0.2) is 54.3 Å². The van der Waals surface area contributed by atoms with Gasteiger partial charge in [-0.1, -0.05) is 23.9 Å². The first kappa shape index (κ1) is 16.9. The monoisotopic (exact) mass is 380 g/mol. The average Bonchev–Trinajstić information content (AvgIpc) is 3.32. The number of hydrogen-bond donors (Lipinski definition) is 0. The van der Waals surface area contributed by atoms with Crippen molar-refractivity contribution in [1.29, 1.82) is 0 Å². The van der Waals surface area contributed by atoms with E-state index in [9.17, 15) is 13.2 Å². The van der Waals surface area contributed by atoms with Crippen LogP contribution in [0.2, 0.25) is 0 Å². The van der Waals surface area contributed by atoms with E-state index in [4.69, 9.17) is 4.74 Å². The minimum Gasteiger partial charge on any atom is -0.497 e. The van der Waals surface area contributed by atoms with E-state index in [1.54, 1.807) is 7.11 Å². The minimum absolute atomic E-state index is 0.0404. The number of hydrogen-bond acceptors (Lipinski definition) is 5. The van der Waals surface area contributed by atoms with Gasteiger partial charge in [-0.25, -0.2) is 8.42 Å². The van der Waals surface area contributed by atoms with Gasteiger partial charge in [-0.3, -0.25) is 4.79 Å². The summed E-state index contributed by atoms with van der Waals surface area (Å²) in [5, 5.41) is 0.631. The van der Waals surface area contributed by atoms with Gasteiger partial charge in [0.15, 0.2) is 15.0 Å². The van der Waals surface area contributed by atoms with Crippen molar-refractivity contribution >= 4 is 32.7 Å². The van der Waals surface area contributed by atoms with Crippen LogP contribution >= 0.6 is 11.8 Å². The number of benzene rings is 1. The van der Waals surface area contributed by atoms with Gasteiger partial charge in [-0.15, -0.1) is 0 Å². The van der Waals surface area contributed by atoms with Crippen LogP contribution in [0.4, 0.5) is 0 Å². The highest BCUT2D eigenvalue weighted by atomic mass is 32.2. The number of sulfone groups is 1. The summed E-state index contributed by atoms with van der Waals surface area (Å²) in [4.78, 5) is 18.5. The molecule has 1 aromatic rings. The molecule has 1 aliphatic carbocycles. The number of carbonyl (C=O) groups is 1. The Morgan fingerprint density at radius 1 is 1.36 bits per heavy atom. The molecule has 0 unspecified atom stereocenters. The largest absolute Gasteiger partial charge is 0.497 e. The molecule has 25 heavy (non-hydrogen) atoms. The number of fused-ring (bicyclic) bond motifs is 1. The highest BCUT2D eigenvalue weighted by Gasteiger charge is 2.49. The van der Waals surface area contributed by atoms with Crippen LogP contribution < -0.4 is 4.74 Å². The first-order chi connectivity index (χ1) is 11.9. The second-order valence-electron chi connectivity index (χ2n) is 6.79. The van der Waals surface area contributed by atoms with Gasteiger partial charge >= 0.3 is 0 Å². The molecular weight excluding hydrogens is 360 g/mol. The molecule has 2 aliphatic heterocycles. The number of carbonyl (C=O) groups excluding carboxylic acids is 1. The molecule has 2 heterocycles. The predicted octanol–water partition coefficient (Wildman–Crippen LogP) is 1.70. The number of amidine groups is 1. The molecule has 0 aromatic heterocycles. The van der Waals surface area contributed by atoms with E-state index in [0.717, 1.165) is 24.2 Å². The topological polar surface area (TPSA) is 76.0 Å². The molecule has 1 saturated carbocycles. The number of ether oxygens (including phenoxy) is 1. The minimum atomic E-state index is -3.03. The van der Waals surface area contributed by atoms with E-state index in [0.29, 0.717) is 11.7 Å². The second kappa shape index (κ2) is 6.32. The lowest BCUT2D eigenvalue weighted by molar-refractivity contribution is -0.118. The Hall–Kier alpha value is -1.54. The fraction of sp³-hybridized carbons (Fsp3) is 0.529. The van der Waals surface area contributed by atoms with Gasteiger partial charge in [0.2, 0.25) is 0 Å². The smallest absolute Gasteiger partial charge is 0.251 e. The highest BCUT2D eigenvalue weighted by molar-refractivity contribution is 8.15. The third-order valence-corrected chi connectivity index (χ3v) is 8.04. The van der Waals surface area contributed by atoms with Crippen LogP contribution in [0.15, 0.2) is 29.3 Å². The molecular formula is C17H20N2O4S2. The first-order valence-corrected chi connectivity index (χ1v) is 11.0. The van der Waals surface area contributed by atoms with E-state index in [2.05, 4.69) is 4.99 Å². The van der Waals surface area contributed by atoms with Gasteiger partial charge in [0.1, 0.15) is 5.75 Å². The lowest BCUT2D eigenvalue weighted by Crippen LogP contribution is -2.37. The second-order valence-corrected chi connectivity index (χ2v) is 10.1. The van der Waals surface area contributed by atoms with Crippen molar-refractivity contribution in [2.24, 2.45) is 10.9 Å². The molecule has 3 aliphatic rings. The van der Waals surface area contributed by atoms with Crippen molar-refractivity contribution in [1.82, 2.24) is 4.90 Å². The van der Waals surface area contributed by atoms with E-state index in [1.165, 1.54) is 11.8 Å². The Kier molecular flexibility index (Phi) is 4.27. The summed E-state index contributed by atoms with van der Waals surface area (Å²) < 4.78 is 29.3. The fourth-order valence-corrected chi connectivity index (χ4v) is 7.26. The standard InChI is InChI=1S/C17H20N2O4S2/c1-23-13-4-2-3-11(7-13)8-19-14-9-25(21,22)10-15(14)24-17(19)18-16(20)12-5-6-12/h2-4,7,12,14-15H,5-6,8-10H2,1H3/t14-,15-/m0/s1. The van der Waals surface area contributed by atoms with Crippen molar-refractivity contribution < 1.29 is 17.9 Å². The molecule has 2 saturated heterocycles. The Morgan fingerprint density at radius 2 is 2.16 bits per heavy atom. The number of aliphatic imine (C=N–C) groups is 1. The van der Waals surface area contributed by atoms with E-state index in [-0.39, 0.29) is 34.6 Å². The molecule has 0 N–H and O–H groups in total. The summed E-state index contributed by atoms with van der Waals surface area (Å²) >= 11 is 1.44. The molecule has 0 spiro atoms. The third kappa shape index (κ3) is 3.55. The zero-order valence-electron chi connectivity index (χ0n) is 13.9. The van der Waals surface area contributed by atoms with Gasteiger partial charge in [-0.05, 0) is 30.5 Å². The van der Waals surface area contributed by atoms with Gasteiger partial charge in [0.05, 0.1) is 24.7 Å². The molecule has 3 fully saturated rings. The van der Waals surface area contributed by atoms with Crippen LogP contribution in [0.1, 0.15) is 18.4 Å². The maximum absolute atomic E-state index is 12.1. The number of nitrogens with zero attached hydrogens (tertiary/aromatic N) is 2. The average molecular weight is 380 g/mol. The summed E-state index contributed by atoms with van der Waals surface area (Å²) in [6, 6.07) is 7.57. The summed E-state index contributed by atoms with van der Waals surface area (Å²) in [6.07, 6.45) is 1.83. The van der Waals surface area contributed by atoms with Gasteiger partial charge in [0.25, 0.3) is 5.91 Å². The maximum atomic E-state index is 12.1. The van der Waals surface area contributed by atoms with E-state index < -0.39 is 9.84 Å². The number of amides is 1. The zero-order valence-corrected chi connectivity index (χ0v) is 15.6. The molecule has 134 valence electrons. The van der Waals surface area contributed by atoms with Crippen LogP contribution in [-0.2, 0) is 21.2 Å². The van der Waals surface area contributed by atoms with Crippen molar-refractivity contribution in [2.45, 2.75) is 30.7 Å². The SMILES string of the molecule is COc1cccc(CN2C(=NC(=O)C3CC3)S[C@H]3CS(=O)(=O)C[C@@H]32)c1. The molecule has 0 bridgehead atoms. The number of thioether (sulfide) groups is 1.